The van der Waals surface area contributed by atoms with Crippen LogP contribution in [0.5, 0.6) is 0 Å². The topological polar surface area (TPSA) is 101 Å². The van der Waals surface area contributed by atoms with Crippen molar-refractivity contribution in [3.63, 3.8) is 0 Å². The van der Waals surface area contributed by atoms with E-state index in [0.29, 0.717) is 10.5 Å². The zero-order chi connectivity index (χ0) is 16.3. The number of carboxylic acid groups (broad SMARTS) is 2. The number of hydrogen-bond donors (Lipinski definition) is 0. The maximum atomic E-state index is 12.1. The maximum Gasteiger partial charge on any atom is 0.266 e. The summed E-state index contributed by atoms with van der Waals surface area (Å²) in [6, 6.07) is 5.83. The van der Waals surface area contributed by atoms with Crippen LogP contribution in [-0.2, 0) is 9.59 Å². The summed E-state index contributed by atoms with van der Waals surface area (Å²) in [5.74, 6) is -2.91. The van der Waals surface area contributed by atoms with Crippen molar-refractivity contribution in [3.8, 4) is 0 Å². The monoisotopic (exact) mass is 335 g/mol. The van der Waals surface area contributed by atoms with Crippen molar-refractivity contribution >= 4 is 52.2 Å². The van der Waals surface area contributed by atoms with Gasteiger partial charge in [0.05, 0.1) is 10.9 Å². The van der Waals surface area contributed by atoms with E-state index in [-0.39, 0.29) is 28.8 Å². The van der Waals surface area contributed by atoms with E-state index < -0.39 is 11.9 Å². The fraction of sp³-hybridized carbons (Fsp3) is 0.143. The van der Waals surface area contributed by atoms with Crippen molar-refractivity contribution < 1.29 is 24.6 Å². The molecule has 0 radical (unpaired) electrons. The third-order valence-electron chi connectivity index (χ3n) is 2.86. The van der Waals surface area contributed by atoms with Crippen LogP contribution in [0.15, 0.2) is 29.2 Å². The predicted molar refractivity (Wildman–Crippen MR) is 80.3 cm³/mol. The third-order valence-corrected chi connectivity index (χ3v) is 4.24. The lowest BCUT2D eigenvalue weighted by Gasteiger charge is -2.14. The van der Waals surface area contributed by atoms with Crippen LogP contribution >= 0.6 is 24.0 Å². The molecule has 1 amide bonds. The van der Waals surface area contributed by atoms with E-state index in [0.717, 1.165) is 11.8 Å². The molecule has 1 saturated heterocycles. The Hall–Kier alpha value is -2.19. The van der Waals surface area contributed by atoms with Gasteiger partial charge in [0.15, 0.2) is 0 Å². The molecular weight excluding hydrogens is 326 g/mol. The number of hydrogen-bond acceptors (Lipinski definition) is 7. The summed E-state index contributed by atoms with van der Waals surface area (Å²) >= 11 is 6.11. The van der Waals surface area contributed by atoms with E-state index in [1.54, 1.807) is 18.2 Å². The van der Waals surface area contributed by atoms with Gasteiger partial charge in [0, 0.05) is 18.9 Å². The fourth-order valence-electron chi connectivity index (χ4n) is 1.76. The second kappa shape index (κ2) is 6.71. The van der Waals surface area contributed by atoms with Gasteiger partial charge in [-0.3, -0.25) is 9.69 Å². The predicted octanol–water partition coefficient (Wildman–Crippen LogP) is -0.609. The molecule has 22 heavy (non-hydrogen) atoms. The first kappa shape index (κ1) is 16.2. The van der Waals surface area contributed by atoms with E-state index in [2.05, 4.69) is 0 Å². The average molecular weight is 335 g/mol. The summed E-state index contributed by atoms with van der Waals surface area (Å²) in [5, 5.41) is 21.1. The van der Waals surface area contributed by atoms with E-state index in [4.69, 9.17) is 12.2 Å². The molecule has 0 bridgehead atoms. The summed E-state index contributed by atoms with van der Waals surface area (Å²) in [7, 11) is 0. The first-order valence-corrected chi connectivity index (χ1v) is 7.37. The molecule has 1 heterocycles. The Morgan fingerprint density at radius 3 is 2.41 bits per heavy atom. The van der Waals surface area contributed by atoms with Crippen LogP contribution in [0.1, 0.15) is 22.3 Å². The lowest BCUT2D eigenvalue weighted by atomic mass is 10.1. The molecule has 0 aromatic heterocycles. The number of benzene rings is 1. The zero-order valence-electron chi connectivity index (χ0n) is 11.1. The lowest BCUT2D eigenvalue weighted by molar-refractivity contribution is -0.305. The molecule has 2 rings (SSSR count). The van der Waals surface area contributed by atoms with Gasteiger partial charge in [-0.2, -0.15) is 0 Å². The van der Waals surface area contributed by atoms with Crippen molar-refractivity contribution in [2.45, 2.75) is 6.42 Å². The minimum atomic E-state index is -1.28. The van der Waals surface area contributed by atoms with E-state index >= 15 is 0 Å². The molecule has 1 fully saturated rings. The zero-order valence-corrected chi connectivity index (χ0v) is 12.7. The smallest absolute Gasteiger partial charge is 0.266 e. The van der Waals surface area contributed by atoms with E-state index in [9.17, 15) is 24.6 Å². The molecule has 0 atom stereocenters. The summed E-state index contributed by atoms with van der Waals surface area (Å²) in [5.41, 5.74) is 0.670. The molecule has 1 aliphatic rings. The molecule has 0 aliphatic carbocycles. The van der Waals surface area contributed by atoms with Crippen molar-refractivity contribution in [1.29, 1.82) is 0 Å². The summed E-state index contributed by atoms with van der Waals surface area (Å²) in [6.45, 7) is -0.0338. The quantitative estimate of drug-likeness (QED) is 0.523. The minimum Gasteiger partial charge on any atom is -0.550 e. The fourth-order valence-corrected chi connectivity index (χ4v) is 3.07. The van der Waals surface area contributed by atoms with Crippen LogP contribution in [0.2, 0.25) is 0 Å². The number of carbonyl (C=O) groups is 3. The minimum absolute atomic E-state index is 0.0338. The number of carbonyl (C=O) groups excluding carboxylic acids is 3. The molecular formula is C14H9NO5S2-2. The number of rotatable bonds is 5. The molecule has 114 valence electrons. The van der Waals surface area contributed by atoms with Crippen LogP contribution in [0, 0.1) is 0 Å². The van der Waals surface area contributed by atoms with Gasteiger partial charge in [0.25, 0.3) is 5.91 Å². The second-order valence-corrected chi connectivity index (χ2v) is 6.04. The molecule has 1 aromatic carbocycles. The Labute approximate surface area is 135 Å². The first-order valence-electron chi connectivity index (χ1n) is 6.15. The highest BCUT2D eigenvalue weighted by Gasteiger charge is 2.31. The van der Waals surface area contributed by atoms with Crippen molar-refractivity contribution in [3.05, 3.63) is 40.3 Å². The van der Waals surface area contributed by atoms with Gasteiger partial charge in [-0.1, -0.05) is 48.2 Å². The first-order chi connectivity index (χ1) is 10.4. The van der Waals surface area contributed by atoms with Crippen LogP contribution < -0.4 is 10.2 Å². The number of nitrogens with zero attached hydrogens (tertiary/aromatic N) is 1. The summed E-state index contributed by atoms with van der Waals surface area (Å²) < 4.78 is 0.281. The van der Waals surface area contributed by atoms with Gasteiger partial charge < -0.3 is 19.8 Å². The number of aromatic carboxylic acids is 1. The van der Waals surface area contributed by atoms with Gasteiger partial charge in [0.1, 0.15) is 4.32 Å². The Morgan fingerprint density at radius 1 is 1.23 bits per heavy atom. The number of thioether (sulfide) groups is 1. The molecule has 1 aromatic rings. The van der Waals surface area contributed by atoms with Crippen LogP contribution in [0.25, 0.3) is 6.08 Å². The molecule has 8 heteroatoms. The third kappa shape index (κ3) is 3.71. The van der Waals surface area contributed by atoms with Crippen LogP contribution in [0.4, 0.5) is 0 Å². The maximum absolute atomic E-state index is 12.1. The number of thiocarbonyl (C=S) groups is 1. The average Bonchev–Trinajstić information content (AvgIpc) is 2.72. The van der Waals surface area contributed by atoms with Crippen molar-refractivity contribution in [2.24, 2.45) is 0 Å². The summed E-state index contributed by atoms with van der Waals surface area (Å²) in [4.78, 5) is 34.8. The Bertz CT molecular complexity index is 681. The summed E-state index contributed by atoms with van der Waals surface area (Å²) in [6.07, 6.45) is 1.28. The standard InChI is InChI=1S/C14H11NO5S2/c16-11(17)5-6-15-12(18)10(22-14(15)21)7-8-1-3-9(4-2-8)13(19)20/h1-4,7H,5-6H2,(H,16,17)(H,19,20)/p-2/b10-7-. The SMILES string of the molecule is O=C([O-])CCN1C(=O)/C(=C/c2ccc(C(=O)[O-])cc2)SC1=S. The van der Waals surface area contributed by atoms with E-state index in [1.165, 1.54) is 17.0 Å². The highest BCUT2D eigenvalue weighted by Crippen LogP contribution is 2.32. The number of carboxylic acids is 2. The van der Waals surface area contributed by atoms with E-state index in [1.807, 2.05) is 0 Å². The van der Waals surface area contributed by atoms with Gasteiger partial charge in [-0.15, -0.1) is 0 Å². The molecule has 0 N–H and O–H groups in total. The largest absolute Gasteiger partial charge is 0.550 e. The lowest BCUT2D eigenvalue weighted by Crippen LogP contribution is -2.33. The molecule has 6 nitrogen and oxygen atoms in total. The number of amides is 1. The van der Waals surface area contributed by atoms with Gasteiger partial charge in [-0.25, -0.2) is 0 Å². The van der Waals surface area contributed by atoms with Crippen molar-refractivity contribution in [2.75, 3.05) is 6.54 Å². The van der Waals surface area contributed by atoms with Gasteiger partial charge >= 0.3 is 0 Å². The van der Waals surface area contributed by atoms with Gasteiger partial charge in [-0.05, 0) is 17.2 Å². The molecule has 0 spiro atoms. The molecule has 0 unspecified atom stereocenters. The molecule has 1 aliphatic heterocycles. The molecule has 0 saturated carbocycles. The van der Waals surface area contributed by atoms with Crippen molar-refractivity contribution in [1.82, 2.24) is 4.90 Å². The van der Waals surface area contributed by atoms with Gasteiger partial charge in [0.2, 0.25) is 0 Å². The normalized spacial score (nSPS) is 16.4. The Morgan fingerprint density at radius 2 is 1.86 bits per heavy atom. The Kier molecular flexibility index (Phi) is 4.94. The van der Waals surface area contributed by atoms with Crippen LogP contribution in [0.3, 0.4) is 0 Å². The highest BCUT2D eigenvalue weighted by atomic mass is 32.2. The van der Waals surface area contributed by atoms with Crippen LogP contribution in [-0.4, -0.2) is 33.6 Å². The second-order valence-electron chi connectivity index (χ2n) is 4.36. The Balaban J connectivity index is 2.15. The number of aliphatic carboxylic acids is 1. The highest BCUT2D eigenvalue weighted by molar-refractivity contribution is 8.26.